The molecule has 0 atom stereocenters. The number of hydrogen-bond donors (Lipinski definition) is 1. The van der Waals surface area contributed by atoms with Crippen LogP contribution in [0.1, 0.15) is 34.8 Å². The van der Waals surface area contributed by atoms with Crippen LogP contribution in [-0.2, 0) is 0 Å². The maximum atomic E-state index is 12.4. The summed E-state index contributed by atoms with van der Waals surface area (Å²) in [6, 6.07) is 7.52. The van der Waals surface area contributed by atoms with Gasteiger partial charge in [-0.25, -0.2) is 0 Å². The highest BCUT2D eigenvalue weighted by Crippen LogP contribution is 2.12. The monoisotopic (exact) mass is 269 g/mol. The molecule has 0 saturated carbocycles. The van der Waals surface area contributed by atoms with Crippen LogP contribution in [0.25, 0.3) is 0 Å². The van der Waals surface area contributed by atoms with Crippen LogP contribution in [0.15, 0.2) is 18.2 Å². The summed E-state index contributed by atoms with van der Waals surface area (Å²) in [5.41, 5.74) is 7.80. The predicted molar refractivity (Wildman–Crippen MR) is 78.9 cm³/mol. The molecule has 4 heteroatoms. The van der Waals surface area contributed by atoms with E-state index in [9.17, 15) is 4.79 Å². The Labute approximate surface area is 120 Å². The lowest BCUT2D eigenvalue weighted by Gasteiger charge is -2.19. The molecule has 0 bridgehead atoms. The lowest BCUT2D eigenvalue weighted by atomic mass is 10.0. The zero-order valence-corrected chi connectivity index (χ0v) is 11.9. The Balaban J connectivity index is 3.01. The van der Waals surface area contributed by atoms with Gasteiger partial charge in [-0.2, -0.15) is 5.26 Å². The average Bonchev–Trinajstić information content (AvgIpc) is 2.47. The standard InChI is InChI=1S/C16H19N3O/c1-3-19(11-5-10-18)16(20)15-8-7-13(2)14(12-15)6-4-9-17/h7-8,12H,3,5,9,11,17H2,1-2H3. The summed E-state index contributed by atoms with van der Waals surface area (Å²) in [6.45, 7) is 5.17. The minimum absolute atomic E-state index is 0.0708. The van der Waals surface area contributed by atoms with Crippen LogP contribution in [0.3, 0.4) is 0 Å². The van der Waals surface area contributed by atoms with Crippen molar-refractivity contribution in [3.63, 3.8) is 0 Å². The molecule has 20 heavy (non-hydrogen) atoms. The third-order valence-electron chi connectivity index (χ3n) is 2.97. The van der Waals surface area contributed by atoms with Crippen LogP contribution in [0, 0.1) is 30.1 Å². The Morgan fingerprint density at radius 2 is 2.20 bits per heavy atom. The molecule has 2 N–H and O–H groups in total. The lowest BCUT2D eigenvalue weighted by molar-refractivity contribution is 0.0768. The third-order valence-corrected chi connectivity index (χ3v) is 2.97. The lowest BCUT2D eigenvalue weighted by Crippen LogP contribution is -2.31. The molecule has 0 fully saturated rings. The van der Waals surface area contributed by atoms with Crippen molar-refractivity contribution in [3.8, 4) is 17.9 Å². The highest BCUT2D eigenvalue weighted by molar-refractivity contribution is 5.94. The minimum Gasteiger partial charge on any atom is -0.338 e. The van der Waals surface area contributed by atoms with Crippen LogP contribution in [-0.4, -0.2) is 30.4 Å². The first-order chi connectivity index (χ1) is 9.63. The summed E-state index contributed by atoms with van der Waals surface area (Å²) in [4.78, 5) is 14.0. The van der Waals surface area contributed by atoms with Crippen LogP contribution >= 0.6 is 0 Å². The molecule has 1 rings (SSSR count). The maximum absolute atomic E-state index is 12.4. The quantitative estimate of drug-likeness (QED) is 0.845. The van der Waals surface area contributed by atoms with Crippen molar-refractivity contribution in [2.24, 2.45) is 5.73 Å². The summed E-state index contributed by atoms with van der Waals surface area (Å²) in [5, 5.41) is 8.62. The molecular formula is C16H19N3O. The molecule has 0 aliphatic carbocycles. The van der Waals surface area contributed by atoms with Crippen LogP contribution in [0.4, 0.5) is 0 Å². The van der Waals surface area contributed by atoms with E-state index in [0.29, 0.717) is 31.6 Å². The van der Waals surface area contributed by atoms with E-state index in [1.54, 1.807) is 17.0 Å². The fraction of sp³-hybridized carbons (Fsp3) is 0.375. The smallest absolute Gasteiger partial charge is 0.253 e. The molecule has 1 aromatic carbocycles. The zero-order chi connectivity index (χ0) is 15.0. The Kier molecular flexibility index (Phi) is 6.29. The number of carbonyl (C=O) groups is 1. The van der Waals surface area contributed by atoms with E-state index in [-0.39, 0.29) is 5.91 Å². The van der Waals surface area contributed by atoms with E-state index < -0.39 is 0 Å². The van der Waals surface area contributed by atoms with Crippen molar-refractivity contribution in [1.82, 2.24) is 4.90 Å². The first kappa shape index (κ1) is 15.8. The predicted octanol–water partition coefficient (Wildman–Crippen LogP) is 1.68. The molecule has 4 nitrogen and oxygen atoms in total. The molecule has 1 aromatic rings. The number of nitriles is 1. The molecule has 0 saturated heterocycles. The van der Waals surface area contributed by atoms with Crippen molar-refractivity contribution in [2.75, 3.05) is 19.6 Å². The van der Waals surface area contributed by atoms with Gasteiger partial charge in [-0.15, -0.1) is 0 Å². The highest BCUT2D eigenvalue weighted by atomic mass is 16.2. The molecular weight excluding hydrogens is 250 g/mol. The molecule has 0 unspecified atom stereocenters. The van der Waals surface area contributed by atoms with E-state index in [4.69, 9.17) is 11.0 Å². The molecule has 0 radical (unpaired) electrons. The molecule has 0 aromatic heterocycles. The summed E-state index contributed by atoms with van der Waals surface area (Å²) in [6.07, 6.45) is 0.339. The number of amides is 1. The van der Waals surface area contributed by atoms with Crippen molar-refractivity contribution in [3.05, 3.63) is 34.9 Å². The fourth-order valence-electron chi connectivity index (χ4n) is 1.81. The van der Waals surface area contributed by atoms with Gasteiger partial charge in [0.2, 0.25) is 0 Å². The van der Waals surface area contributed by atoms with Crippen molar-refractivity contribution < 1.29 is 4.79 Å². The second-order valence-corrected chi connectivity index (χ2v) is 4.33. The number of carbonyl (C=O) groups excluding carboxylic acids is 1. The topological polar surface area (TPSA) is 70.1 Å². The maximum Gasteiger partial charge on any atom is 0.253 e. The van der Waals surface area contributed by atoms with Crippen molar-refractivity contribution >= 4 is 5.91 Å². The Hall–Kier alpha value is -2.30. The van der Waals surface area contributed by atoms with Gasteiger partial charge in [0.15, 0.2) is 0 Å². The van der Waals surface area contributed by atoms with Gasteiger partial charge in [0.25, 0.3) is 5.91 Å². The number of nitrogens with zero attached hydrogens (tertiary/aromatic N) is 2. The molecule has 104 valence electrons. The summed E-state index contributed by atoms with van der Waals surface area (Å²) >= 11 is 0. The first-order valence-corrected chi connectivity index (χ1v) is 6.59. The number of aryl methyl sites for hydroxylation is 1. The third kappa shape index (κ3) is 4.12. The summed E-state index contributed by atoms with van der Waals surface area (Å²) in [7, 11) is 0. The molecule has 1 amide bonds. The molecule has 0 aliphatic rings. The second kappa shape index (κ2) is 7.99. The van der Waals surface area contributed by atoms with Gasteiger partial charge in [0.05, 0.1) is 19.0 Å². The highest BCUT2D eigenvalue weighted by Gasteiger charge is 2.14. The van der Waals surface area contributed by atoms with E-state index in [0.717, 1.165) is 11.1 Å². The summed E-state index contributed by atoms with van der Waals surface area (Å²) in [5.74, 6) is 5.70. The van der Waals surface area contributed by atoms with Crippen LogP contribution < -0.4 is 5.73 Å². The Morgan fingerprint density at radius 3 is 2.80 bits per heavy atom. The number of nitrogens with two attached hydrogens (primary N) is 1. The van der Waals surface area contributed by atoms with E-state index in [1.807, 2.05) is 19.9 Å². The largest absolute Gasteiger partial charge is 0.338 e. The van der Waals surface area contributed by atoms with Gasteiger partial charge in [0.1, 0.15) is 0 Å². The minimum atomic E-state index is -0.0708. The van der Waals surface area contributed by atoms with Crippen molar-refractivity contribution in [1.29, 1.82) is 5.26 Å². The SMILES string of the molecule is CCN(CCC#N)C(=O)c1ccc(C)c(C#CCN)c1. The van der Waals surface area contributed by atoms with Gasteiger partial charge in [-0.1, -0.05) is 17.9 Å². The Bertz CT molecular complexity index is 576. The van der Waals surface area contributed by atoms with E-state index in [1.165, 1.54) is 0 Å². The number of benzene rings is 1. The zero-order valence-electron chi connectivity index (χ0n) is 11.9. The van der Waals surface area contributed by atoms with E-state index >= 15 is 0 Å². The van der Waals surface area contributed by atoms with Gasteiger partial charge in [0, 0.05) is 24.2 Å². The number of hydrogen-bond acceptors (Lipinski definition) is 3. The van der Waals surface area contributed by atoms with Crippen LogP contribution in [0.5, 0.6) is 0 Å². The van der Waals surface area contributed by atoms with Crippen molar-refractivity contribution in [2.45, 2.75) is 20.3 Å². The molecule has 0 heterocycles. The normalized spacial score (nSPS) is 9.30. The van der Waals surface area contributed by atoms with Gasteiger partial charge >= 0.3 is 0 Å². The van der Waals surface area contributed by atoms with Gasteiger partial charge < -0.3 is 10.6 Å². The van der Waals surface area contributed by atoms with E-state index in [2.05, 4.69) is 17.9 Å². The van der Waals surface area contributed by atoms with Crippen LogP contribution in [0.2, 0.25) is 0 Å². The van der Waals surface area contributed by atoms with Gasteiger partial charge in [-0.3, -0.25) is 4.79 Å². The number of rotatable bonds is 4. The summed E-state index contributed by atoms with van der Waals surface area (Å²) < 4.78 is 0. The van der Waals surface area contributed by atoms with Gasteiger partial charge in [-0.05, 0) is 31.5 Å². The second-order valence-electron chi connectivity index (χ2n) is 4.33. The Morgan fingerprint density at radius 1 is 1.45 bits per heavy atom. The first-order valence-electron chi connectivity index (χ1n) is 6.59. The molecule has 0 spiro atoms. The average molecular weight is 269 g/mol. The molecule has 0 aliphatic heterocycles. The fourth-order valence-corrected chi connectivity index (χ4v) is 1.81.